The molecule has 0 saturated heterocycles. The van der Waals surface area contributed by atoms with Crippen molar-refractivity contribution in [3.63, 3.8) is 0 Å². The Morgan fingerprint density at radius 1 is 1.22 bits per heavy atom. The molecule has 1 aromatic heterocycles. The van der Waals surface area contributed by atoms with Gasteiger partial charge in [0.1, 0.15) is 10.0 Å². The number of hydrogen-bond acceptors (Lipinski definition) is 5. The number of ether oxygens (including phenoxy) is 2. The summed E-state index contributed by atoms with van der Waals surface area (Å²) in [5, 5.41) is 5.26. The summed E-state index contributed by atoms with van der Waals surface area (Å²) >= 11 is 1.65. The second kappa shape index (κ2) is 4.17. The number of fused-ring (bicyclic) bond motifs is 1. The molecule has 2 aromatic rings. The van der Waals surface area contributed by atoms with Crippen LogP contribution < -0.4 is 14.8 Å². The first-order valence-electron chi connectivity index (χ1n) is 5.75. The van der Waals surface area contributed by atoms with E-state index in [1.54, 1.807) is 11.3 Å². The van der Waals surface area contributed by atoms with Gasteiger partial charge in [0, 0.05) is 12.6 Å². The zero-order valence-electron chi connectivity index (χ0n) is 10.5. The predicted molar refractivity (Wildman–Crippen MR) is 72.7 cm³/mol. The van der Waals surface area contributed by atoms with Crippen LogP contribution in [0.1, 0.15) is 11.3 Å². The maximum absolute atomic E-state index is 5.42. The van der Waals surface area contributed by atoms with Gasteiger partial charge in [-0.2, -0.15) is 0 Å². The van der Waals surface area contributed by atoms with Gasteiger partial charge in [-0.3, -0.25) is 0 Å². The van der Waals surface area contributed by atoms with Crippen molar-refractivity contribution in [1.29, 1.82) is 0 Å². The van der Waals surface area contributed by atoms with E-state index in [2.05, 4.69) is 17.2 Å². The topological polar surface area (TPSA) is 43.4 Å². The summed E-state index contributed by atoms with van der Waals surface area (Å²) in [7, 11) is 1.91. The first kappa shape index (κ1) is 11.3. The Morgan fingerprint density at radius 3 is 2.61 bits per heavy atom. The number of nitrogens with one attached hydrogen (secondary N) is 1. The number of hydrogen-bond donors (Lipinski definition) is 1. The normalized spacial score (nSPS) is 12.8. The molecule has 1 aromatic carbocycles. The van der Waals surface area contributed by atoms with Crippen LogP contribution in [0.2, 0.25) is 0 Å². The Morgan fingerprint density at radius 2 is 1.94 bits per heavy atom. The molecule has 94 valence electrons. The van der Waals surface area contributed by atoms with Crippen LogP contribution in [-0.4, -0.2) is 18.8 Å². The number of anilines is 1. The number of aromatic nitrogens is 1. The molecule has 0 radical (unpaired) electrons. The lowest BCUT2D eigenvalue weighted by molar-refractivity contribution is 0.174. The van der Waals surface area contributed by atoms with Gasteiger partial charge in [-0.25, -0.2) is 4.98 Å². The van der Waals surface area contributed by atoms with E-state index in [-0.39, 0.29) is 0 Å². The average Bonchev–Trinajstić information content (AvgIpc) is 2.93. The van der Waals surface area contributed by atoms with Crippen molar-refractivity contribution < 1.29 is 9.47 Å². The molecular weight excluding hydrogens is 248 g/mol. The van der Waals surface area contributed by atoms with Crippen LogP contribution in [0.3, 0.4) is 0 Å². The smallest absolute Gasteiger partial charge is 0.231 e. The van der Waals surface area contributed by atoms with Crippen molar-refractivity contribution in [2.45, 2.75) is 13.8 Å². The predicted octanol–water partition coefficient (Wildman–Crippen LogP) is 3.20. The second-order valence-electron chi connectivity index (χ2n) is 4.20. The van der Waals surface area contributed by atoms with Gasteiger partial charge in [0.2, 0.25) is 6.79 Å². The molecule has 0 aliphatic carbocycles. The fraction of sp³-hybridized carbons (Fsp3) is 0.308. The van der Waals surface area contributed by atoms with E-state index in [0.717, 1.165) is 38.3 Å². The maximum Gasteiger partial charge on any atom is 0.231 e. The van der Waals surface area contributed by atoms with Crippen LogP contribution in [0.15, 0.2) is 12.1 Å². The van der Waals surface area contributed by atoms with Crippen LogP contribution in [0.5, 0.6) is 11.5 Å². The van der Waals surface area contributed by atoms with Crippen LogP contribution in [0, 0.1) is 13.8 Å². The maximum atomic E-state index is 5.42. The van der Waals surface area contributed by atoms with Crippen molar-refractivity contribution in [2.24, 2.45) is 0 Å². The molecule has 0 bridgehead atoms. The molecule has 0 atom stereocenters. The van der Waals surface area contributed by atoms with Crippen molar-refractivity contribution >= 4 is 16.3 Å². The molecule has 2 heterocycles. The SMILES string of the molecule is CNc1sc(-c2cc3c(cc2C)OCO3)nc1C. The number of rotatable bonds is 2. The third-order valence-electron chi connectivity index (χ3n) is 2.97. The molecule has 1 aliphatic rings. The molecule has 5 heteroatoms. The van der Waals surface area contributed by atoms with Gasteiger partial charge in [-0.15, -0.1) is 0 Å². The van der Waals surface area contributed by atoms with E-state index >= 15 is 0 Å². The first-order chi connectivity index (χ1) is 8.69. The third-order valence-corrected chi connectivity index (χ3v) is 4.18. The minimum atomic E-state index is 0.302. The van der Waals surface area contributed by atoms with Gasteiger partial charge < -0.3 is 14.8 Å². The molecule has 0 saturated carbocycles. The van der Waals surface area contributed by atoms with Gasteiger partial charge in [0.25, 0.3) is 0 Å². The molecule has 0 spiro atoms. The lowest BCUT2D eigenvalue weighted by atomic mass is 10.1. The number of nitrogens with zero attached hydrogens (tertiary/aromatic N) is 1. The summed E-state index contributed by atoms with van der Waals surface area (Å²) in [6.07, 6.45) is 0. The van der Waals surface area contributed by atoms with Crippen molar-refractivity contribution in [3.8, 4) is 22.1 Å². The Bertz CT molecular complexity index is 607. The molecule has 18 heavy (non-hydrogen) atoms. The van der Waals surface area contributed by atoms with Crippen molar-refractivity contribution in [3.05, 3.63) is 23.4 Å². The summed E-state index contributed by atoms with van der Waals surface area (Å²) in [6, 6.07) is 4.02. The fourth-order valence-electron chi connectivity index (χ4n) is 2.02. The quantitative estimate of drug-likeness (QED) is 0.902. The molecule has 0 unspecified atom stereocenters. The number of thiazole rings is 1. The summed E-state index contributed by atoms with van der Waals surface area (Å²) in [5.41, 5.74) is 3.28. The van der Waals surface area contributed by atoms with E-state index in [0.29, 0.717) is 6.79 Å². The van der Waals surface area contributed by atoms with Crippen LogP contribution in [0.25, 0.3) is 10.6 Å². The zero-order valence-corrected chi connectivity index (χ0v) is 11.4. The summed E-state index contributed by atoms with van der Waals surface area (Å²) in [6.45, 7) is 4.37. The van der Waals surface area contributed by atoms with E-state index in [4.69, 9.17) is 9.47 Å². The molecule has 0 fully saturated rings. The molecule has 1 N–H and O–H groups in total. The van der Waals surface area contributed by atoms with Gasteiger partial charge in [-0.1, -0.05) is 11.3 Å². The lowest BCUT2D eigenvalue weighted by Gasteiger charge is -2.04. The Labute approximate surface area is 110 Å². The minimum absolute atomic E-state index is 0.302. The van der Waals surface area contributed by atoms with Crippen molar-refractivity contribution in [1.82, 2.24) is 4.98 Å². The molecule has 0 amide bonds. The van der Waals surface area contributed by atoms with Crippen LogP contribution in [0.4, 0.5) is 5.00 Å². The molecule has 4 nitrogen and oxygen atoms in total. The Kier molecular flexibility index (Phi) is 2.63. The van der Waals surface area contributed by atoms with E-state index in [1.165, 1.54) is 0 Å². The van der Waals surface area contributed by atoms with E-state index < -0.39 is 0 Å². The fourth-order valence-corrected chi connectivity index (χ4v) is 3.02. The number of benzene rings is 1. The van der Waals surface area contributed by atoms with Crippen LogP contribution in [-0.2, 0) is 0 Å². The number of aryl methyl sites for hydroxylation is 2. The first-order valence-corrected chi connectivity index (χ1v) is 6.56. The molecule has 1 aliphatic heterocycles. The summed E-state index contributed by atoms with van der Waals surface area (Å²) < 4.78 is 10.8. The third kappa shape index (κ3) is 1.71. The minimum Gasteiger partial charge on any atom is -0.454 e. The lowest BCUT2D eigenvalue weighted by Crippen LogP contribution is -1.92. The highest BCUT2D eigenvalue weighted by Gasteiger charge is 2.18. The summed E-state index contributed by atoms with van der Waals surface area (Å²) in [4.78, 5) is 4.60. The van der Waals surface area contributed by atoms with Gasteiger partial charge in [0.05, 0.1) is 5.69 Å². The summed E-state index contributed by atoms with van der Waals surface area (Å²) in [5.74, 6) is 1.62. The van der Waals surface area contributed by atoms with Crippen molar-refractivity contribution in [2.75, 3.05) is 19.2 Å². The van der Waals surface area contributed by atoms with E-state index in [9.17, 15) is 0 Å². The Hall–Kier alpha value is -1.75. The highest BCUT2D eigenvalue weighted by atomic mass is 32.1. The highest BCUT2D eigenvalue weighted by molar-refractivity contribution is 7.19. The average molecular weight is 262 g/mol. The van der Waals surface area contributed by atoms with Crippen LogP contribution >= 0.6 is 11.3 Å². The highest BCUT2D eigenvalue weighted by Crippen LogP contribution is 2.40. The Balaban J connectivity index is 2.10. The standard InChI is InChI=1S/C13H14N2O2S/c1-7-4-10-11(17-6-16-10)5-9(7)13-15-8(2)12(14-3)18-13/h4-5,14H,6H2,1-3H3. The van der Waals surface area contributed by atoms with Gasteiger partial charge in [0.15, 0.2) is 11.5 Å². The molecule has 3 rings (SSSR count). The largest absolute Gasteiger partial charge is 0.454 e. The zero-order chi connectivity index (χ0) is 12.7. The molecular formula is C13H14N2O2S. The van der Waals surface area contributed by atoms with E-state index in [1.807, 2.05) is 26.1 Å². The van der Waals surface area contributed by atoms with Gasteiger partial charge >= 0.3 is 0 Å². The monoisotopic (exact) mass is 262 g/mol. The van der Waals surface area contributed by atoms with Gasteiger partial charge in [-0.05, 0) is 31.5 Å². The second-order valence-corrected chi connectivity index (χ2v) is 5.20.